The summed E-state index contributed by atoms with van der Waals surface area (Å²) in [6, 6.07) is 116. The van der Waals surface area contributed by atoms with E-state index in [0.29, 0.717) is 0 Å². The Morgan fingerprint density at radius 1 is 0.179 bits per heavy atom. The van der Waals surface area contributed by atoms with E-state index in [0.717, 1.165) is 100 Å². The van der Waals surface area contributed by atoms with Crippen LogP contribution in [0.15, 0.2) is 332 Å². The van der Waals surface area contributed by atoms with Crippen LogP contribution in [-0.2, 0) is 0 Å². The zero-order chi connectivity index (χ0) is 62.5. The number of fused-ring (bicyclic) bond motifs is 19. The molecule has 440 valence electrons. The van der Waals surface area contributed by atoms with Crippen molar-refractivity contribution >= 4 is 130 Å². The summed E-state index contributed by atoms with van der Waals surface area (Å²) in [6.07, 6.45) is 0. The van der Waals surface area contributed by atoms with Crippen molar-refractivity contribution in [3.63, 3.8) is 0 Å². The van der Waals surface area contributed by atoms with Gasteiger partial charge in [-0.15, -0.1) is 0 Å². The Balaban J connectivity index is 0.000000136. The maximum atomic E-state index is 6.15. The van der Waals surface area contributed by atoms with Gasteiger partial charge in [0, 0.05) is 33.0 Å². The molecule has 0 radical (unpaired) electrons. The molecule has 0 atom stereocenters. The molecule has 0 aliphatic heterocycles. The second-order valence-electron chi connectivity index (χ2n) is 24.7. The Labute approximate surface area is 546 Å². The van der Waals surface area contributed by atoms with Crippen LogP contribution in [0.3, 0.4) is 0 Å². The maximum absolute atomic E-state index is 6.15. The summed E-state index contributed by atoms with van der Waals surface area (Å²) in [4.78, 5) is 21.1. The Kier molecular flexibility index (Phi) is 12.5. The summed E-state index contributed by atoms with van der Waals surface area (Å²) in [5.41, 5.74) is 17.5. The molecule has 95 heavy (non-hydrogen) atoms. The van der Waals surface area contributed by atoms with Gasteiger partial charge in [-0.05, 0) is 169 Å². The molecule has 0 N–H and O–H groups in total. The first-order valence-corrected chi connectivity index (χ1v) is 32.3. The SMILES string of the molecule is c1ccc(-c2nc3cc(-c4cc5ccc6ccccc6c5c5ccc6ccccc6c45)ccc3nc2-c2ccc3oc4ccccc4c3c2)cc1.c1ccc(-c2nc3ccc(-c4ccc5c(ccc6ccc7c8ccccc8ccc7c65)c4)cc3nc2-c2ccccc2)cc1. The lowest BCUT2D eigenvalue weighted by Gasteiger charge is -2.16. The second-order valence-corrected chi connectivity index (χ2v) is 24.7. The Morgan fingerprint density at radius 3 is 1.26 bits per heavy atom. The highest BCUT2D eigenvalue weighted by atomic mass is 16.3. The standard InChI is InChI=1S/C48H28N2O.C42H26N2/c1-2-12-31(13-3-1)47-48(34-22-25-44-40(27-34)37-16-8-9-17-43(37)51-44)49-41-24-21-32(28-42(41)50-47)39-26-33-19-18-29-10-4-6-14-35(29)45(33)38-23-20-30-11-5-7-15-36(30)46(38)39;1-3-10-29(11-4-1)41-42(30-12-5-2-6-13-30)44-39-26-32(20-24-38(39)43-41)31-19-21-35-33(25-31)16-15-28-18-22-36-34-14-8-7-9-27(34)17-23-37(36)40(28)35/h1-28H;1-26H. The predicted molar refractivity (Wildman–Crippen MR) is 399 cm³/mol. The number of benzene rings is 17. The van der Waals surface area contributed by atoms with Gasteiger partial charge in [0.2, 0.25) is 0 Å². The largest absolute Gasteiger partial charge is 0.456 e. The van der Waals surface area contributed by atoms with Crippen molar-refractivity contribution in [3.05, 3.63) is 328 Å². The van der Waals surface area contributed by atoms with Gasteiger partial charge in [0.15, 0.2) is 0 Å². The third-order valence-corrected chi connectivity index (χ3v) is 19.2. The van der Waals surface area contributed by atoms with E-state index in [4.69, 9.17) is 24.4 Å². The van der Waals surface area contributed by atoms with Crippen molar-refractivity contribution in [3.8, 4) is 67.3 Å². The van der Waals surface area contributed by atoms with Gasteiger partial charge in [-0.1, -0.05) is 267 Å². The fraction of sp³-hybridized carbons (Fsp3) is 0. The smallest absolute Gasteiger partial charge is 0.135 e. The van der Waals surface area contributed by atoms with Crippen LogP contribution in [0.25, 0.3) is 197 Å². The summed E-state index contributed by atoms with van der Waals surface area (Å²) in [7, 11) is 0. The third-order valence-electron chi connectivity index (χ3n) is 19.2. The molecule has 0 fully saturated rings. The number of hydrogen-bond acceptors (Lipinski definition) is 5. The minimum absolute atomic E-state index is 0.850. The molecule has 0 unspecified atom stereocenters. The molecule has 20 aromatic rings. The molecule has 5 heteroatoms. The van der Waals surface area contributed by atoms with Crippen LogP contribution < -0.4 is 0 Å². The average molecular weight is 1210 g/mol. The van der Waals surface area contributed by atoms with Gasteiger partial charge < -0.3 is 4.42 Å². The normalized spacial score (nSPS) is 11.8. The van der Waals surface area contributed by atoms with Gasteiger partial charge in [-0.25, -0.2) is 19.9 Å². The van der Waals surface area contributed by atoms with E-state index in [2.05, 4.69) is 279 Å². The van der Waals surface area contributed by atoms with E-state index in [-0.39, 0.29) is 0 Å². The van der Waals surface area contributed by atoms with Crippen LogP contribution >= 0.6 is 0 Å². The minimum atomic E-state index is 0.850. The Hall–Kier alpha value is -12.7. The Morgan fingerprint density at radius 2 is 0.589 bits per heavy atom. The fourth-order valence-electron chi connectivity index (χ4n) is 14.7. The van der Waals surface area contributed by atoms with Gasteiger partial charge in [0.25, 0.3) is 0 Å². The summed E-state index contributed by atoms with van der Waals surface area (Å²) in [5.74, 6) is 0. The Bertz CT molecular complexity index is 6520. The summed E-state index contributed by atoms with van der Waals surface area (Å²) >= 11 is 0. The second kappa shape index (κ2) is 22.0. The van der Waals surface area contributed by atoms with Crippen LogP contribution in [0.1, 0.15) is 0 Å². The summed E-state index contributed by atoms with van der Waals surface area (Å²) in [6.45, 7) is 0. The summed E-state index contributed by atoms with van der Waals surface area (Å²) in [5, 5.41) is 22.4. The van der Waals surface area contributed by atoms with Gasteiger partial charge in [-0.3, -0.25) is 0 Å². The molecule has 3 heterocycles. The van der Waals surface area contributed by atoms with Gasteiger partial charge >= 0.3 is 0 Å². The molecular formula is C90H54N4O. The van der Waals surface area contributed by atoms with E-state index in [1.165, 1.54) is 97.3 Å². The molecule has 5 nitrogen and oxygen atoms in total. The van der Waals surface area contributed by atoms with Gasteiger partial charge in [0.1, 0.15) is 11.2 Å². The highest BCUT2D eigenvalue weighted by Crippen LogP contribution is 2.45. The molecule has 17 aromatic carbocycles. The molecule has 0 aliphatic carbocycles. The van der Waals surface area contributed by atoms with E-state index in [9.17, 15) is 0 Å². The van der Waals surface area contributed by atoms with Crippen molar-refractivity contribution in [2.24, 2.45) is 0 Å². The quantitative estimate of drug-likeness (QED) is 0.155. The van der Waals surface area contributed by atoms with Crippen LogP contribution in [0.2, 0.25) is 0 Å². The maximum Gasteiger partial charge on any atom is 0.135 e. The highest BCUT2D eigenvalue weighted by molar-refractivity contribution is 6.29. The third kappa shape index (κ3) is 9.16. The van der Waals surface area contributed by atoms with Gasteiger partial charge in [0.05, 0.1) is 44.8 Å². The topological polar surface area (TPSA) is 64.7 Å². The molecule has 0 spiro atoms. The van der Waals surface area contributed by atoms with Crippen LogP contribution in [0.4, 0.5) is 0 Å². The lowest BCUT2D eigenvalue weighted by Crippen LogP contribution is -1.96. The number of hydrogen-bond donors (Lipinski definition) is 0. The van der Waals surface area contributed by atoms with Crippen LogP contribution in [0, 0.1) is 0 Å². The first kappa shape index (κ1) is 54.1. The van der Waals surface area contributed by atoms with Crippen molar-refractivity contribution in [2.45, 2.75) is 0 Å². The van der Waals surface area contributed by atoms with Crippen LogP contribution in [-0.4, -0.2) is 19.9 Å². The van der Waals surface area contributed by atoms with E-state index in [1.807, 2.05) is 48.5 Å². The fourth-order valence-corrected chi connectivity index (χ4v) is 14.7. The van der Waals surface area contributed by atoms with Crippen molar-refractivity contribution in [1.29, 1.82) is 0 Å². The van der Waals surface area contributed by atoms with Crippen LogP contribution in [0.5, 0.6) is 0 Å². The van der Waals surface area contributed by atoms with Crippen molar-refractivity contribution in [1.82, 2.24) is 19.9 Å². The average Bonchev–Trinajstić information content (AvgIpc) is 1.22. The monoisotopic (exact) mass is 1210 g/mol. The summed E-state index contributed by atoms with van der Waals surface area (Å²) < 4.78 is 6.15. The molecule has 20 rings (SSSR count). The number of nitrogens with zero attached hydrogens (tertiary/aromatic N) is 4. The van der Waals surface area contributed by atoms with Gasteiger partial charge in [-0.2, -0.15) is 0 Å². The molecule has 0 amide bonds. The molecule has 3 aromatic heterocycles. The first-order chi connectivity index (χ1) is 47.1. The highest BCUT2D eigenvalue weighted by Gasteiger charge is 2.20. The predicted octanol–water partition coefficient (Wildman–Crippen LogP) is 24.4. The molecule has 0 bridgehead atoms. The number of aromatic nitrogens is 4. The minimum Gasteiger partial charge on any atom is -0.456 e. The van der Waals surface area contributed by atoms with E-state index < -0.39 is 0 Å². The molecule has 0 saturated heterocycles. The molecule has 0 aliphatic rings. The van der Waals surface area contributed by atoms with Crippen molar-refractivity contribution in [2.75, 3.05) is 0 Å². The number of para-hydroxylation sites is 1. The van der Waals surface area contributed by atoms with E-state index >= 15 is 0 Å². The first-order valence-electron chi connectivity index (χ1n) is 32.3. The molecular weight excluding hydrogens is 1150 g/mol. The van der Waals surface area contributed by atoms with E-state index in [1.54, 1.807) is 0 Å². The zero-order valence-electron chi connectivity index (χ0n) is 51.4. The number of rotatable bonds is 6. The lowest BCUT2D eigenvalue weighted by molar-refractivity contribution is 0.669. The number of furan rings is 1. The lowest BCUT2D eigenvalue weighted by atomic mass is 9.88. The zero-order valence-corrected chi connectivity index (χ0v) is 51.4. The molecule has 0 saturated carbocycles. The van der Waals surface area contributed by atoms with Crippen molar-refractivity contribution < 1.29 is 4.42 Å².